The number of hydrogen-bond acceptors (Lipinski definition) is 4. The van der Waals surface area contributed by atoms with Crippen LogP contribution in [-0.2, 0) is 14.9 Å². The van der Waals surface area contributed by atoms with Gasteiger partial charge in [-0.1, -0.05) is 152 Å². The molecule has 0 spiro atoms. The lowest BCUT2D eigenvalue weighted by atomic mass is 10.0. The van der Waals surface area contributed by atoms with Gasteiger partial charge in [-0.2, -0.15) is 8.42 Å². The minimum absolute atomic E-state index is 0.265. The normalized spacial score (nSPS) is 14.1. The summed E-state index contributed by atoms with van der Waals surface area (Å²) >= 11 is 0. The van der Waals surface area contributed by atoms with E-state index in [9.17, 15) is 22.9 Å². The molecule has 45 heavy (non-hydrogen) atoms. The molecule has 1 amide bonds. The smallest absolute Gasteiger partial charge is 0.266 e. The Hall–Kier alpha value is -1.96. The highest BCUT2D eigenvalue weighted by Crippen LogP contribution is 2.14. The molecule has 6 nitrogen and oxygen atoms in total. The molecule has 7 heteroatoms. The number of carbonyl (C=O) groups excluding carboxylic acids is 1. The van der Waals surface area contributed by atoms with E-state index in [1.807, 2.05) is 0 Å². The Morgan fingerprint density at radius 2 is 1.07 bits per heavy atom. The fourth-order valence-electron chi connectivity index (χ4n) is 5.07. The molecule has 0 radical (unpaired) electrons. The van der Waals surface area contributed by atoms with Crippen molar-refractivity contribution in [1.82, 2.24) is 5.32 Å². The Balaban J connectivity index is 3.87. The number of unbranched alkanes of at least 4 members (excludes halogenated alkanes) is 13. The average Bonchev–Trinajstić information content (AvgIpc) is 3.00. The van der Waals surface area contributed by atoms with Crippen LogP contribution < -0.4 is 5.32 Å². The predicted molar refractivity (Wildman–Crippen MR) is 193 cm³/mol. The van der Waals surface area contributed by atoms with Gasteiger partial charge in [-0.3, -0.25) is 9.35 Å². The molecule has 0 aliphatic rings. The van der Waals surface area contributed by atoms with Crippen LogP contribution in [0.4, 0.5) is 0 Å². The van der Waals surface area contributed by atoms with Crippen LogP contribution in [0, 0.1) is 0 Å². The number of rotatable bonds is 31. The second-order valence-electron chi connectivity index (χ2n) is 12.1. The van der Waals surface area contributed by atoms with Crippen LogP contribution in [0.3, 0.4) is 0 Å². The quantitative estimate of drug-likeness (QED) is 0.0394. The van der Waals surface area contributed by atoms with E-state index in [0.29, 0.717) is 12.8 Å². The average molecular weight is 650 g/mol. The predicted octanol–water partition coefficient (Wildman–Crippen LogP) is 10.1. The second kappa shape index (κ2) is 32.0. The summed E-state index contributed by atoms with van der Waals surface area (Å²) in [7, 11) is -4.30. The zero-order valence-electron chi connectivity index (χ0n) is 28.7. The molecule has 2 unspecified atom stereocenters. The third-order valence-electron chi connectivity index (χ3n) is 7.74. The Bertz CT molecular complexity index is 936. The summed E-state index contributed by atoms with van der Waals surface area (Å²) in [4.78, 5) is 12.4. The van der Waals surface area contributed by atoms with E-state index in [1.165, 1.54) is 44.9 Å². The molecule has 0 heterocycles. The molecule has 0 bridgehead atoms. The summed E-state index contributed by atoms with van der Waals surface area (Å²) in [5, 5.41) is 13.2. The summed E-state index contributed by atoms with van der Waals surface area (Å²) in [6.07, 6.45) is 43.3. The standard InChI is InChI=1S/C38H67NO5S/c1-3-5-7-9-11-12-13-14-15-16-17-18-19-20-21-22-23-24-25-26-28-30-32-34-38(41)39-36(35-45(42,43)44)37(40)33-31-29-27-10-8-6-4-2/h5,7,11-12,14-15,17-18,20-21,36-37,40H,3-4,6,8-10,13,16,19,22-35H2,1-2H3,(H,39,41)(H,42,43,44)/b7-5-,12-11-,15-14-,18-17-,21-20-. The number of allylic oxidation sites excluding steroid dienone is 10. The monoisotopic (exact) mass is 649 g/mol. The Kier molecular flexibility index (Phi) is 30.6. The number of amides is 1. The first-order valence-electron chi connectivity index (χ1n) is 18.0. The van der Waals surface area contributed by atoms with Gasteiger partial charge in [0.2, 0.25) is 5.91 Å². The Labute approximate surface area is 277 Å². The zero-order valence-corrected chi connectivity index (χ0v) is 29.5. The van der Waals surface area contributed by atoms with Gasteiger partial charge in [-0.05, 0) is 57.8 Å². The van der Waals surface area contributed by atoms with Crippen LogP contribution >= 0.6 is 0 Å². The van der Waals surface area contributed by atoms with Gasteiger partial charge in [-0.15, -0.1) is 0 Å². The maximum absolute atomic E-state index is 12.4. The molecule has 0 aliphatic heterocycles. The van der Waals surface area contributed by atoms with Crippen LogP contribution in [0.5, 0.6) is 0 Å². The van der Waals surface area contributed by atoms with Crippen LogP contribution in [0.1, 0.15) is 155 Å². The summed E-state index contributed by atoms with van der Waals surface area (Å²) in [5.41, 5.74) is 0. The molecule has 0 aliphatic carbocycles. The van der Waals surface area contributed by atoms with Gasteiger partial charge in [0, 0.05) is 6.42 Å². The van der Waals surface area contributed by atoms with Crippen molar-refractivity contribution in [2.45, 2.75) is 167 Å². The zero-order chi connectivity index (χ0) is 33.3. The summed E-state index contributed by atoms with van der Waals surface area (Å²) in [5.74, 6) is -0.921. The lowest BCUT2D eigenvalue weighted by Crippen LogP contribution is -2.47. The first-order valence-corrected chi connectivity index (χ1v) is 19.6. The van der Waals surface area contributed by atoms with Crippen molar-refractivity contribution in [2.24, 2.45) is 0 Å². The topological polar surface area (TPSA) is 104 Å². The third-order valence-corrected chi connectivity index (χ3v) is 8.52. The molecular weight excluding hydrogens is 582 g/mol. The van der Waals surface area contributed by atoms with Gasteiger partial charge in [0.15, 0.2) is 0 Å². The third kappa shape index (κ3) is 33.2. The van der Waals surface area contributed by atoms with E-state index in [-0.39, 0.29) is 5.91 Å². The second-order valence-corrected chi connectivity index (χ2v) is 13.6. The fourth-order valence-corrected chi connectivity index (χ4v) is 5.83. The van der Waals surface area contributed by atoms with Crippen molar-refractivity contribution in [3.05, 3.63) is 60.8 Å². The molecule has 0 aromatic heterocycles. The van der Waals surface area contributed by atoms with E-state index >= 15 is 0 Å². The van der Waals surface area contributed by atoms with Crippen LogP contribution in [-0.4, -0.2) is 41.9 Å². The van der Waals surface area contributed by atoms with Gasteiger partial charge in [0.1, 0.15) is 0 Å². The first-order chi connectivity index (χ1) is 21.8. The van der Waals surface area contributed by atoms with E-state index in [2.05, 4.69) is 79.9 Å². The van der Waals surface area contributed by atoms with Crippen molar-refractivity contribution in [2.75, 3.05) is 5.75 Å². The van der Waals surface area contributed by atoms with Gasteiger partial charge in [0.25, 0.3) is 10.1 Å². The maximum atomic E-state index is 12.4. The molecular formula is C38H67NO5S. The van der Waals surface area contributed by atoms with Crippen LogP contribution in [0.25, 0.3) is 0 Å². The van der Waals surface area contributed by atoms with E-state index < -0.39 is 28.0 Å². The van der Waals surface area contributed by atoms with Crippen molar-refractivity contribution >= 4 is 16.0 Å². The van der Waals surface area contributed by atoms with Crippen molar-refractivity contribution < 1.29 is 22.9 Å². The minimum Gasteiger partial charge on any atom is -0.391 e. The first kappa shape index (κ1) is 43.0. The summed E-state index contributed by atoms with van der Waals surface area (Å²) < 4.78 is 32.2. The van der Waals surface area contributed by atoms with Crippen molar-refractivity contribution in [1.29, 1.82) is 0 Å². The highest BCUT2D eigenvalue weighted by atomic mass is 32.2. The summed E-state index contributed by atoms with van der Waals surface area (Å²) in [6.45, 7) is 4.33. The Morgan fingerprint density at radius 1 is 0.622 bits per heavy atom. The van der Waals surface area contributed by atoms with E-state index in [4.69, 9.17) is 0 Å². The fraction of sp³-hybridized carbons (Fsp3) is 0.711. The van der Waals surface area contributed by atoms with Crippen LogP contribution in [0.15, 0.2) is 60.8 Å². The molecule has 2 atom stereocenters. The van der Waals surface area contributed by atoms with Gasteiger partial charge in [-0.25, -0.2) is 0 Å². The number of aliphatic hydroxyl groups is 1. The molecule has 0 aromatic carbocycles. The SMILES string of the molecule is CC/C=C\C/C=C\C/C=C\C/C=C\C/C=C\CCCCCCCCCC(=O)NC(CS(=O)(=O)O)C(O)CCCCCCCCC. The number of nitrogens with one attached hydrogen (secondary N) is 1. The highest BCUT2D eigenvalue weighted by Gasteiger charge is 2.26. The largest absolute Gasteiger partial charge is 0.391 e. The maximum Gasteiger partial charge on any atom is 0.266 e. The van der Waals surface area contributed by atoms with Gasteiger partial charge in [0.05, 0.1) is 17.9 Å². The van der Waals surface area contributed by atoms with E-state index in [1.54, 1.807) is 0 Å². The lowest BCUT2D eigenvalue weighted by molar-refractivity contribution is -0.122. The highest BCUT2D eigenvalue weighted by molar-refractivity contribution is 7.85. The Morgan fingerprint density at radius 3 is 1.58 bits per heavy atom. The molecule has 0 rings (SSSR count). The molecule has 0 aromatic rings. The lowest BCUT2D eigenvalue weighted by Gasteiger charge is -2.23. The molecule has 0 saturated carbocycles. The molecule has 3 N–H and O–H groups in total. The van der Waals surface area contributed by atoms with Crippen LogP contribution in [0.2, 0.25) is 0 Å². The van der Waals surface area contributed by atoms with E-state index in [0.717, 1.165) is 83.5 Å². The molecule has 0 fully saturated rings. The number of hydrogen-bond donors (Lipinski definition) is 3. The summed E-state index contributed by atoms with van der Waals surface area (Å²) in [6, 6.07) is -0.976. The van der Waals surface area contributed by atoms with Gasteiger partial charge >= 0.3 is 0 Å². The number of aliphatic hydroxyl groups excluding tert-OH is 1. The van der Waals surface area contributed by atoms with Crippen molar-refractivity contribution in [3.8, 4) is 0 Å². The molecule has 260 valence electrons. The van der Waals surface area contributed by atoms with Gasteiger partial charge < -0.3 is 10.4 Å². The number of carbonyl (C=O) groups is 1. The van der Waals surface area contributed by atoms with Crippen molar-refractivity contribution in [3.63, 3.8) is 0 Å². The molecule has 0 saturated heterocycles. The minimum atomic E-state index is -4.30.